The van der Waals surface area contributed by atoms with Gasteiger partial charge in [0.15, 0.2) is 0 Å². The number of nitrogens with one attached hydrogen (secondary N) is 1. The van der Waals surface area contributed by atoms with Gasteiger partial charge in [-0.25, -0.2) is 0 Å². The lowest BCUT2D eigenvalue weighted by Crippen LogP contribution is -2.35. The molecule has 0 aromatic rings. The number of carbonyl (C=O) groups is 3. The number of hydrogen-bond donors (Lipinski definition) is 2. The van der Waals surface area contributed by atoms with E-state index in [1.165, 1.54) is 12.0 Å². The van der Waals surface area contributed by atoms with Crippen molar-refractivity contribution in [2.24, 2.45) is 10.7 Å². The normalized spacial score (nSPS) is 15.8. The summed E-state index contributed by atoms with van der Waals surface area (Å²) in [6, 6.07) is 0. The lowest BCUT2D eigenvalue weighted by Gasteiger charge is -2.21. The molecule has 0 radical (unpaired) electrons. The molecule has 0 saturated carbocycles. The standard InChI is InChI=1S/C25H29F3N4O4/c1-17(16-33)14-19(25(26,27)28)4-3-11-32(12-13-36-2)23(35)10-9-22(34)31-20-6-5-18-15-30-24(29)21(18)8-7-20/h3-4,6-8,14,16H,1,5,9-13,15H2,2H3,(H2,29,30)(H,31,34)/b4-3-,19-14+. The number of aldehydes is 1. The van der Waals surface area contributed by atoms with Crippen LogP contribution < -0.4 is 11.1 Å². The lowest BCUT2D eigenvalue weighted by molar-refractivity contribution is -0.133. The summed E-state index contributed by atoms with van der Waals surface area (Å²) in [6.07, 6.45) is 3.77. The number of halogens is 3. The molecule has 11 heteroatoms. The molecule has 3 N–H and O–H groups in total. The van der Waals surface area contributed by atoms with Gasteiger partial charge in [0.25, 0.3) is 0 Å². The summed E-state index contributed by atoms with van der Waals surface area (Å²) in [7, 11) is 1.43. The van der Waals surface area contributed by atoms with E-state index >= 15 is 0 Å². The fourth-order valence-corrected chi connectivity index (χ4v) is 3.36. The summed E-state index contributed by atoms with van der Waals surface area (Å²) in [5, 5.41) is 2.75. The van der Waals surface area contributed by atoms with Gasteiger partial charge in [-0.15, -0.1) is 0 Å². The summed E-state index contributed by atoms with van der Waals surface area (Å²) in [4.78, 5) is 41.2. The molecule has 0 aromatic heterocycles. The van der Waals surface area contributed by atoms with Gasteiger partial charge in [0.05, 0.1) is 18.7 Å². The highest BCUT2D eigenvalue weighted by atomic mass is 19.4. The van der Waals surface area contributed by atoms with Crippen LogP contribution in [-0.2, 0) is 19.1 Å². The number of amides is 2. The number of aliphatic imine (C=N–C) groups is 1. The number of hydrogen-bond acceptors (Lipinski definition) is 6. The van der Waals surface area contributed by atoms with Crippen molar-refractivity contribution in [3.8, 4) is 0 Å². The molecule has 194 valence electrons. The number of allylic oxidation sites excluding steroid dienone is 6. The van der Waals surface area contributed by atoms with Gasteiger partial charge in [-0.1, -0.05) is 24.8 Å². The van der Waals surface area contributed by atoms with E-state index < -0.39 is 17.7 Å². The first-order valence-corrected chi connectivity index (χ1v) is 11.1. The molecular formula is C25H29F3N4O4. The van der Waals surface area contributed by atoms with Gasteiger partial charge in [-0.05, 0) is 30.2 Å². The van der Waals surface area contributed by atoms with Crippen LogP contribution in [0, 0.1) is 0 Å². The van der Waals surface area contributed by atoms with E-state index in [-0.39, 0.29) is 50.3 Å². The van der Waals surface area contributed by atoms with Gasteiger partial charge in [-0.3, -0.25) is 19.4 Å². The average Bonchev–Trinajstić information content (AvgIpc) is 3.05. The first-order chi connectivity index (χ1) is 17.0. The molecule has 2 aliphatic rings. The number of methoxy groups -OCH3 is 1. The molecule has 2 rings (SSSR count). The van der Waals surface area contributed by atoms with Crippen molar-refractivity contribution < 1.29 is 32.3 Å². The van der Waals surface area contributed by atoms with Crippen LogP contribution in [0.2, 0.25) is 0 Å². The number of alkyl halides is 3. The van der Waals surface area contributed by atoms with E-state index in [0.29, 0.717) is 30.6 Å². The number of nitrogens with zero attached hydrogens (tertiary/aromatic N) is 2. The van der Waals surface area contributed by atoms with E-state index in [4.69, 9.17) is 10.5 Å². The quantitative estimate of drug-likeness (QED) is 0.240. The minimum Gasteiger partial charge on any atom is -0.383 e. The number of carbonyl (C=O) groups excluding carboxylic acids is 3. The summed E-state index contributed by atoms with van der Waals surface area (Å²) < 4.78 is 44.5. The van der Waals surface area contributed by atoms with E-state index in [9.17, 15) is 27.6 Å². The zero-order valence-electron chi connectivity index (χ0n) is 19.9. The van der Waals surface area contributed by atoms with Crippen LogP contribution in [0.25, 0.3) is 0 Å². The van der Waals surface area contributed by atoms with Crippen LogP contribution in [0.5, 0.6) is 0 Å². The van der Waals surface area contributed by atoms with Crippen LogP contribution >= 0.6 is 0 Å². The Hall–Kier alpha value is -3.73. The Bertz CT molecular complexity index is 1070. The van der Waals surface area contributed by atoms with Crippen molar-refractivity contribution in [1.29, 1.82) is 0 Å². The molecular weight excluding hydrogens is 477 g/mol. The van der Waals surface area contributed by atoms with Gasteiger partial charge in [-0.2, -0.15) is 13.2 Å². The Balaban J connectivity index is 1.94. The van der Waals surface area contributed by atoms with E-state index in [1.807, 2.05) is 6.08 Å². The smallest absolute Gasteiger partial charge is 0.383 e. The van der Waals surface area contributed by atoms with Crippen LogP contribution in [0.4, 0.5) is 13.2 Å². The molecule has 1 aliphatic heterocycles. The maximum absolute atomic E-state index is 13.2. The summed E-state index contributed by atoms with van der Waals surface area (Å²) in [6.45, 7) is 3.90. The van der Waals surface area contributed by atoms with E-state index in [2.05, 4.69) is 16.9 Å². The van der Waals surface area contributed by atoms with E-state index in [1.54, 1.807) is 12.2 Å². The van der Waals surface area contributed by atoms with Gasteiger partial charge >= 0.3 is 6.18 Å². The highest BCUT2D eigenvalue weighted by Crippen LogP contribution is 2.27. The SMILES string of the molecule is C=C(C=O)/C=C(\C=C/CN(CCOC)C(=O)CCC(=O)NC1=CCC2=C(C=C1)C(N)=NC2)C(F)(F)F. The summed E-state index contributed by atoms with van der Waals surface area (Å²) in [5.41, 5.74) is 6.94. The predicted octanol–water partition coefficient (Wildman–Crippen LogP) is 2.67. The molecule has 0 fully saturated rings. The molecule has 0 unspecified atom stereocenters. The number of nitrogens with two attached hydrogens (primary N) is 1. The second-order valence-electron chi connectivity index (χ2n) is 7.99. The molecule has 0 spiro atoms. The topological polar surface area (TPSA) is 114 Å². The third-order valence-electron chi connectivity index (χ3n) is 5.31. The van der Waals surface area contributed by atoms with Crippen molar-refractivity contribution in [2.45, 2.75) is 25.4 Å². The first-order valence-electron chi connectivity index (χ1n) is 11.1. The minimum atomic E-state index is -4.70. The monoisotopic (exact) mass is 506 g/mol. The highest BCUT2D eigenvalue weighted by molar-refractivity contribution is 6.02. The van der Waals surface area contributed by atoms with Crippen molar-refractivity contribution in [2.75, 3.05) is 33.4 Å². The Kier molecular flexibility index (Phi) is 10.6. The van der Waals surface area contributed by atoms with Gasteiger partial charge in [0.1, 0.15) is 12.1 Å². The second kappa shape index (κ2) is 13.4. The number of ether oxygens (including phenoxy) is 1. The lowest BCUT2D eigenvalue weighted by atomic mass is 10.1. The second-order valence-corrected chi connectivity index (χ2v) is 7.99. The van der Waals surface area contributed by atoms with Crippen LogP contribution in [0.1, 0.15) is 19.3 Å². The van der Waals surface area contributed by atoms with Crippen molar-refractivity contribution >= 4 is 23.9 Å². The maximum Gasteiger partial charge on any atom is 0.416 e. The summed E-state index contributed by atoms with van der Waals surface area (Å²) >= 11 is 0. The average molecular weight is 507 g/mol. The Morgan fingerprint density at radius 2 is 2.06 bits per heavy atom. The summed E-state index contributed by atoms with van der Waals surface area (Å²) in [5.74, 6) is -0.332. The molecule has 36 heavy (non-hydrogen) atoms. The number of rotatable bonds is 12. The highest BCUT2D eigenvalue weighted by Gasteiger charge is 2.31. The Morgan fingerprint density at radius 3 is 2.72 bits per heavy atom. The van der Waals surface area contributed by atoms with Crippen molar-refractivity contribution in [3.05, 3.63) is 71.0 Å². The molecule has 0 atom stereocenters. The fourth-order valence-electron chi connectivity index (χ4n) is 3.36. The maximum atomic E-state index is 13.2. The third-order valence-corrected chi connectivity index (χ3v) is 5.31. The largest absolute Gasteiger partial charge is 0.416 e. The molecule has 0 aromatic carbocycles. The Labute approximate surface area is 207 Å². The van der Waals surface area contributed by atoms with Crippen molar-refractivity contribution in [3.63, 3.8) is 0 Å². The first kappa shape index (κ1) is 28.5. The van der Waals surface area contributed by atoms with Crippen LogP contribution in [0.3, 0.4) is 0 Å². The zero-order valence-corrected chi connectivity index (χ0v) is 19.9. The molecule has 8 nitrogen and oxygen atoms in total. The minimum absolute atomic E-state index is 0.110. The van der Waals surface area contributed by atoms with Crippen LogP contribution in [0.15, 0.2) is 76.0 Å². The third kappa shape index (κ3) is 8.81. The van der Waals surface area contributed by atoms with Gasteiger partial charge < -0.3 is 20.7 Å². The molecule has 1 aliphatic carbocycles. The molecule has 0 saturated heterocycles. The zero-order chi connectivity index (χ0) is 26.7. The predicted molar refractivity (Wildman–Crippen MR) is 130 cm³/mol. The van der Waals surface area contributed by atoms with Crippen LogP contribution in [-0.4, -0.2) is 68.4 Å². The molecule has 2 amide bonds. The molecule has 0 bridgehead atoms. The van der Waals surface area contributed by atoms with Crippen molar-refractivity contribution in [1.82, 2.24) is 10.2 Å². The molecule has 1 heterocycles. The fraction of sp³-hybridized carbons (Fsp3) is 0.360. The number of amidine groups is 1. The Morgan fingerprint density at radius 1 is 1.31 bits per heavy atom. The van der Waals surface area contributed by atoms with Gasteiger partial charge in [0.2, 0.25) is 11.8 Å². The van der Waals surface area contributed by atoms with Gasteiger partial charge in [0, 0.05) is 49.9 Å². The van der Waals surface area contributed by atoms with E-state index in [0.717, 1.165) is 23.3 Å².